The van der Waals surface area contributed by atoms with Gasteiger partial charge in [-0.15, -0.1) is 0 Å². The summed E-state index contributed by atoms with van der Waals surface area (Å²) in [7, 11) is 0. The number of unbranched alkanes of at least 4 members (excludes halogenated alkanes) is 2. The number of thioether (sulfide) groups is 2. The first-order valence-corrected chi connectivity index (χ1v) is 10.9. The van der Waals surface area contributed by atoms with Crippen molar-refractivity contribution in [1.29, 1.82) is 0 Å². The van der Waals surface area contributed by atoms with Crippen molar-refractivity contribution in [3.8, 4) is 0 Å². The lowest BCUT2D eigenvalue weighted by Crippen LogP contribution is -2.40. The van der Waals surface area contributed by atoms with Crippen LogP contribution in [0.3, 0.4) is 0 Å². The second kappa shape index (κ2) is 16.1. The zero-order valence-electron chi connectivity index (χ0n) is 14.8. The third-order valence-corrected chi connectivity index (χ3v) is 4.22. The van der Waals surface area contributed by atoms with Crippen LogP contribution in [0.25, 0.3) is 0 Å². The third-order valence-electron chi connectivity index (χ3n) is 3.00. The molecule has 8 nitrogen and oxygen atoms in total. The summed E-state index contributed by atoms with van der Waals surface area (Å²) in [5.41, 5.74) is 0. The van der Waals surface area contributed by atoms with Crippen LogP contribution in [0.5, 0.6) is 0 Å². The molecule has 0 aromatic heterocycles. The lowest BCUT2D eigenvalue weighted by atomic mass is 10.1. The molecule has 0 aliphatic heterocycles. The summed E-state index contributed by atoms with van der Waals surface area (Å²) in [5.74, 6) is 0.914. The van der Waals surface area contributed by atoms with Crippen LogP contribution in [0.2, 0.25) is 0 Å². The largest absolute Gasteiger partial charge is 0.337 e. The molecule has 0 heterocycles. The predicted octanol–water partition coefficient (Wildman–Crippen LogP) is 1.31. The number of imide groups is 2. The first-order chi connectivity index (χ1) is 12.0. The zero-order chi connectivity index (χ0) is 18.9. The van der Waals surface area contributed by atoms with Gasteiger partial charge < -0.3 is 10.6 Å². The van der Waals surface area contributed by atoms with Crippen LogP contribution >= 0.6 is 23.5 Å². The van der Waals surface area contributed by atoms with Gasteiger partial charge in [-0.25, -0.2) is 9.59 Å². The molecule has 0 aromatic carbocycles. The Morgan fingerprint density at radius 3 is 1.44 bits per heavy atom. The molecule has 144 valence electrons. The molecule has 0 rings (SSSR count). The van der Waals surface area contributed by atoms with Crippen LogP contribution in [0.4, 0.5) is 9.59 Å². The summed E-state index contributed by atoms with van der Waals surface area (Å²) in [5, 5.41) is 9.68. The molecule has 0 saturated carbocycles. The van der Waals surface area contributed by atoms with Crippen LogP contribution < -0.4 is 21.3 Å². The molecule has 0 aliphatic carbocycles. The first-order valence-electron chi connectivity index (χ1n) is 8.12. The molecule has 0 spiro atoms. The van der Waals surface area contributed by atoms with Gasteiger partial charge in [0, 0.05) is 37.4 Å². The van der Waals surface area contributed by atoms with E-state index in [4.69, 9.17) is 0 Å². The number of urea groups is 2. The van der Waals surface area contributed by atoms with E-state index in [0.717, 1.165) is 11.5 Å². The molecular formula is C15H28N4O4S2. The maximum Gasteiger partial charge on any atom is 0.321 e. The van der Waals surface area contributed by atoms with Gasteiger partial charge in [-0.2, -0.15) is 23.5 Å². The normalized spacial score (nSPS) is 10.0. The Bertz CT molecular complexity index is 398. The quantitative estimate of drug-likeness (QED) is 0.372. The van der Waals surface area contributed by atoms with Crippen molar-refractivity contribution in [2.24, 2.45) is 0 Å². The van der Waals surface area contributed by atoms with Gasteiger partial charge in [0.2, 0.25) is 11.8 Å². The van der Waals surface area contributed by atoms with Gasteiger partial charge in [-0.3, -0.25) is 20.2 Å². The van der Waals surface area contributed by atoms with Gasteiger partial charge >= 0.3 is 12.1 Å². The lowest BCUT2D eigenvalue weighted by Gasteiger charge is -2.07. The predicted molar refractivity (Wildman–Crippen MR) is 103 cm³/mol. The van der Waals surface area contributed by atoms with Gasteiger partial charge in [-0.1, -0.05) is 6.42 Å². The number of nitrogens with one attached hydrogen (secondary N) is 4. The maximum absolute atomic E-state index is 11.5. The topological polar surface area (TPSA) is 116 Å². The summed E-state index contributed by atoms with van der Waals surface area (Å²) in [4.78, 5) is 45.8. The Kier molecular flexibility index (Phi) is 15.2. The van der Waals surface area contributed by atoms with Crippen molar-refractivity contribution in [2.45, 2.75) is 32.1 Å². The summed E-state index contributed by atoms with van der Waals surface area (Å²) in [6.45, 7) is 1.03. The SMILES string of the molecule is CSCCNC(=O)NC(=O)CCCCCC(=O)NC(=O)NCCSC. The van der Waals surface area contributed by atoms with E-state index >= 15 is 0 Å². The smallest absolute Gasteiger partial charge is 0.321 e. The number of rotatable bonds is 12. The fraction of sp³-hybridized carbons (Fsp3) is 0.733. The van der Waals surface area contributed by atoms with Gasteiger partial charge in [0.15, 0.2) is 0 Å². The van der Waals surface area contributed by atoms with Crippen molar-refractivity contribution in [2.75, 3.05) is 37.1 Å². The summed E-state index contributed by atoms with van der Waals surface area (Å²) in [6.07, 6.45) is 6.16. The molecule has 0 saturated heterocycles. The first kappa shape index (κ1) is 23.6. The highest BCUT2D eigenvalue weighted by Gasteiger charge is 2.08. The second-order valence-electron chi connectivity index (χ2n) is 5.15. The van der Waals surface area contributed by atoms with E-state index in [0.29, 0.717) is 32.4 Å². The highest BCUT2D eigenvalue weighted by Crippen LogP contribution is 2.03. The lowest BCUT2D eigenvalue weighted by molar-refractivity contribution is -0.120. The van der Waals surface area contributed by atoms with E-state index in [-0.39, 0.29) is 24.7 Å². The minimum absolute atomic E-state index is 0.229. The average molecular weight is 393 g/mol. The molecule has 0 bridgehead atoms. The van der Waals surface area contributed by atoms with E-state index in [1.807, 2.05) is 12.5 Å². The number of carbonyl (C=O) groups excluding carboxylic acids is 4. The van der Waals surface area contributed by atoms with Crippen LogP contribution in [-0.4, -0.2) is 61.0 Å². The number of hydrogen-bond acceptors (Lipinski definition) is 6. The van der Waals surface area contributed by atoms with Crippen LogP contribution in [0, 0.1) is 0 Å². The summed E-state index contributed by atoms with van der Waals surface area (Å²) < 4.78 is 0. The van der Waals surface area contributed by atoms with Crippen LogP contribution in [0.1, 0.15) is 32.1 Å². The fourth-order valence-corrected chi connectivity index (χ4v) is 2.36. The fourth-order valence-electron chi connectivity index (χ4n) is 1.75. The van der Waals surface area contributed by atoms with Crippen LogP contribution in [0.15, 0.2) is 0 Å². The van der Waals surface area contributed by atoms with Gasteiger partial charge in [0.25, 0.3) is 0 Å². The van der Waals surface area contributed by atoms with Crippen molar-refractivity contribution in [3.05, 3.63) is 0 Å². The molecule has 0 aliphatic rings. The van der Waals surface area contributed by atoms with Crippen molar-refractivity contribution in [1.82, 2.24) is 21.3 Å². The molecule has 0 unspecified atom stereocenters. The van der Waals surface area contributed by atoms with Crippen molar-refractivity contribution in [3.63, 3.8) is 0 Å². The highest BCUT2D eigenvalue weighted by atomic mass is 32.2. The Balaban J connectivity index is 3.61. The molecule has 4 N–H and O–H groups in total. The Morgan fingerprint density at radius 2 is 1.08 bits per heavy atom. The molecule has 10 heteroatoms. The Morgan fingerprint density at radius 1 is 0.680 bits per heavy atom. The van der Waals surface area contributed by atoms with Gasteiger partial charge in [0.05, 0.1) is 0 Å². The summed E-state index contributed by atoms with van der Waals surface area (Å²) in [6, 6.07) is -0.961. The number of hydrogen-bond donors (Lipinski definition) is 4. The molecular weight excluding hydrogens is 364 g/mol. The third kappa shape index (κ3) is 15.8. The maximum atomic E-state index is 11.5. The molecule has 0 fully saturated rings. The van der Waals surface area contributed by atoms with E-state index < -0.39 is 12.1 Å². The van der Waals surface area contributed by atoms with Crippen LogP contribution in [-0.2, 0) is 9.59 Å². The summed E-state index contributed by atoms with van der Waals surface area (Å²) >= 11 is 3.21. The molecule has 25 heavy (non-hydrogen) atoms. The van der Waals surface area contributed by atoms with Gasteiger partial charge in [0.1, 0.15) is 0 Å². The Labute approximate surface area is 157 Å². The second-order valence-corrected chi connectivity index (χ2v) is 7.13. The number of amides is 6. The molecule has 6 amide bonds. The van der Waals surface area contributed by atoms with Crippen molar-refractivity contribution < 1.29 is 19.2 Å². The van der Waals surface area contributed by atoms with Crippen molar-refractivity contribution >= 4 is 47.4 Å². The minimum atomic E-state index is -0.481. The molecule has 0 atom stereocenters. The zero-order valence-corrected chi connectivity index (χ0v) is 16.4. The monoisotopic (exact) mass is 392 g/mol. The van der Waals surface area contributed by atoms with E-state index in [1.54, 1.807) is 23.5 Å². The number of carbonyl (C=O) groups is 4. The molecule has 0 radical (unpaired) electrons. The average Bonchev–Trinajstić information content (AvgIpc) is 2.54. The molecule has 0 aromatic rings. The van der Waals surface area contributed by atoms with Gasteiger partial charge in [-0.05, 0) is 25.4 Å². The van der Waals surface area contributed by atoms with E-state index in [1.165, 1.54) is 0 Å². The van der Waals surface area contributed by atoms with E-state index in [9.17, 15) is 19.2 Å². The van der Waals surface area contributed by atoms with E-state index in [2.05, 4.69) is 21.3 Å². The Hall–Kier alpha value is -1.42. The highest BCUT2D eigenvalue weighted by molar-refractivity contribution is 7.98. The minimum Gasteiger partial charge on any atom is -0.337 e. The standard InChI is InChI=1S/C15H28N4O4S2/c1-24-10-8-16-14(22)18-12(20)6-4-3-5-7-13(21)19-15(23)17-9-11-25-2/h3-11H2,1-2H3,(H2,16,18,20,22)(H2,17,19,21,23).